The summed E-state index contributed by atoms with van der Waals surface area (Å²) in [5.74, 6) is 0.302. The Hall–Kier alpha value is -0.210. The van der Waals surface area contributed by atoms with Gasteiger partial charge in [-0.3, -0.25) is 0 Å². The molecule has 2 heterocycles. The minimum Gasteiger partial charge on any atom is -0.381 e. The molecule has 2 fully saturated rings. The molecule has 0 aromatic rings. The topological polar surface area (TPSA) is 67.9 Å². The van der Waals surface area contributed by atoms with E-state index in [4.69, 9.17) is 9.47 Å². The van der Waals surface area contributed by atoms with Gasteiger partial charge in [-0.15, -0.1) is 0 Å². The third-order valence-corrected chi connectivity index (χ3v) is 4.81. The molecular weight excluding hydrogens is 256 g/mol. The summed E-state index contributed by atoms with van der Waals surface area (Å²) in [6.45, 7) is 6.46. The highest BCUT2D eigenvalue weighted by molar-refractivity contribution is 7.87. The molecule has 0 bridgehead atoms. The van der Waals surface area contributed by atoms with Gasteiger partial charge >= 0.3 is 0 Å². The van der Waals surface area contributed by atoms with Gasteiger partial charge in [-0.2, -0.15) is 12.7 Å². The third-order valence-electron chi connectivity index (χ3n) is 3.30. The van der Waals surface area contributed by atoms with Gasteiger partial charge in [0.25, 0.3) is 10.2 Å². The molecule has 0 radical (unpaired) electrons. The Bertz CT molecular complexity index is 357. The van der Waals surface area contributed by atoms with E-state index in [1.807, 2.05) is 13.8 Å². The minimum absolute atomic E-state index is 0.0554. The standard InChI is InChI=1S/C11H22N2O4S/c1-9-6-13(7-10(2)17-9)18(14,15)12-5-11-3-4-16-8-11/h9-12H,3-8H2,1-2H3. The van der Waals surface area contributed by atoms with Crippen LogP contribution in [0.3, 0.4) is 0 Å². The molecule has 106 valence electrons. The fourth-order valence-corrected chi connectivity index (χ4v) is 3.83. The van der Waals surface area contributed by atoms with E-state index in [9.17, 15) is 8.42 Å². The molecule has 3 atom stereocenters. The van der Waals surface area contributed by atoms with Crippen LogP contribution < -0.4 is 4.72 Å². The smallest absolute Gasteiger partial charge is 0.279 e. The van der Waals surface area contributed by atoms with Crippen molar-refractivity contribution in [1.29, 1.82) is 0 Å². The van der Waals surface area contributed by atoms with Crippen molar-refractivity contribution in [3.63, 3.8) is 0 Å². The second-order valence-corrected chi connectivity index (χ2v) is 6.91. The molecule has 2 aliphatic rings. The lowest BCUT2D eigenvalue weighted by atomic mass is 10.1. The van der Waals surface area contributed by atoms with Crippen LogP contribution >= 0.6 is 0 Å². The van der Waals surface area contributed by atoms with Crippen molar-refractivity contribution < 1.29 is 17.9 Å². The van der Waals surface area contributed by atoms with Gasteiger partial charge in [-0.1, -0.05) is 0 Å². The average molecular weight is 278 g/mol. The normalized spacial score (nSPS) is 34.9. The van der Waals surface area contributed by atoms with Crippen molar-refractivity contribution in [2.45, 2.75) is 32.5 Å². The first-order valence-corrected chi connectivity index (χ1v) is 7.89. The lowest BCUT2D eigenvalue weighted by Gasteiger charge is -2.34. The predicted octanol–water partition coefficient (Wildman–Crippen LogP) is -0.0335. The van der Waals surface area contributed by atoms with E-state index in [1.54, 1.807) is 0 Å². The summed E-state index contributed by atoms with van der Waals surface area (Å²) in [5, 5.41) is 0. The third kappa shape index (κ3) is 3.64. The van der Waals surface area contributed by atoms with E-state index in [0.29, 0.717) is 32.2 Å². The highest BCUT2D eigenvalue weighted by atomic mass is 32.2. The molecule has 2 rings (SSSR count). The van der Waals surface area contributed by atoms with Gasteiger partial charge in [0.2, 0.25) is 0 Å². The highest BCUT2D eigenvalue weighted by Crippen LogP contribution is 2.15. The maximum Gasteiger partial charge on any atom is 0.279 e. The Labute approximate surface area is 109 Å². The van der Waals surface area contributed by atoms with E-state index in [2.05, 4.69) is 4.72 Å². The molecule has 7 heteroatoms. The van der Waals surface area contributed by atoms with Crippen molar-refractivity contribution in [3.05, 3.63) is 0 Å². The molecule has 0 spiro atoms. The van der Waals surface area contributed by atoms with Crippen molar-refractivity contribution in [1.82, 2.24) is 9.03 Å². The van der Waals surface area contributed by atoms with Crippen molar-refractivity contribution in [2.24, 2.45) is 5.92 Å². The van der Waals surface area contributed by atoms with Gasteiger partial charge in [0, 0.05) is 26.2 Å². The van der Waals surface area contributed by atoms with Gasteiger partial charge in [-0.25, -0.2) is 4.72 Å². The van der Waals surface area contributed by atoms with Crippen LogP contribution in [0.4, 0.5) is 0 Å². The number of ether oxygens (including phenoxy) is 2. The zero-order valence-corrected chi connectivity index (χ0v) is 11.8. The van der Waals surface area contributed by atoms with Crippen LogP contribution in [0.2, 0.25) is 0 Å². The van der Waals surface area contributed by atoms with Crippen LogP contribution in [-0.4, -0.2) is 57.8 Å². The van der Waals surface area contributed by atoms with Gasteiger partial charge in [-0.05, 0) is 26.2 Å². The predicted molar refractivity (Wildman–Crippen MR) is 67.4 cm³/mol. The van der Waals surface area contributed by atoms with Gasteiger partial charge in [0.05, 0.1) is 18.8 Å². The van der Waals surface area contributed by atoms with Crippen molar-refractivity contribution in [2.75, 3.05) is 32.8 Å². The summed E-state index contributed by atoms with van der Waals surface area (Å²) >= 11 is 0. The number of nitrogens with zero attached hydrogens (tertiary/aromatic N) is 1. The second kappa shape index (κ2) is 5.83. The Balaban J connectivity index is 1.88. The zero-order chi connectivity index (χ0) is 13.2. The first kappa shape index (κ1) is 14.2. The molecule has 3 unspecified atom stereocenters. The number of hydrogen-bond donors (Lipinski definition) is 1. The summed E-state index contributed by atoms with van der Waals surface area (Å²) < 4.78 is 39.2. The molecule has 0 aromatic heterocycles. The van der Waals surface area contributed by atoms with Crippen LogP contribution in [0, 0.1) is 5.92 Å². The van der Waals surface area contributed by atoms with E-state index < -0.39 is 10.2 Å². The lowest BCUT2D eigenvalue weighted by molar-refractivity contribution is -0.0444. The maximum absolute atomic E-state index is 12.2. The monoisotopic (exact) mass is 278 g/mol. The van der Waals surface area contributed by atoms with E-state index in [-0.39, 0.29) is 12.2 Å². The van der Waals surface area contributed by atoms with Crippen LogP contribution in [-0.2, 0) is 19.7 Å². The SMILES string of the molecule is CC1CN(S(=O)(=O)NCC2CCOC2)CC(C)O1. The molecule has 0 aliphatic carbocycles. The molecule has 6 nitrogen and oxygen atoms in total. The molecule has 18 heavy (non-hydrogen) atoms. The molecular formula is C11H22N2O4S. The zero-order valence-electron chi connectivity index (χ0n) is 11.0. The van der Waals surface area contributed by atoms with Crippen LogP contribution in [0.25, 0.3) is 0 Å². The Morgan fingerprint density at radius 3 is 2.50 bits per heavy atom. The van der Waals surface area contributed by atoms with Crippen LogP contribution in [0.5, 0.6) is 0 Å². The van der Waals surface area contributed by atoms with E-state index >= 15 is 0 Å². The summed E-state index contributed by atoms with van der Waals surface area (Å²) in [4.78, 5) is 0. The quantitative estimate of drug-likeness (QED) is 0.784. The van der Waals surface area contributed by atoms with Gasteiger partial charge in [0.15, 0.2) is 0 Å². The van der Waals surface area contributed by atoms with Crippen molar-refractivity contribution >= 4 is 10.2 Å². The fraction of sp³-hybridized carbons (Fsp3) is 1.00. The van der Waals surface area contributed by atoms with Gasteiger partial charge in [0.1, 0.15) is 0 Å². The first-order valence-electron chi connectivity index (χ1n) is 6.45. The molecule has 0 aromatic carbocycles. The van der Waals surface area contributed by atoms with Gasteiger partial charge < -0.3 is 9.47 Å². The Kier molecular flexibility index (Phi) is 4.60. The average Bonchev–Trinajstić information content (AvgIpc) is 2.78. The van der Waals surface area contributed by atoms with Crippen molar-refractivity contribution in [3.8, 4) is 0 Å². The number of rotatable bonds is 4. The highest BCUT2D eigenvalue weighted by Gasteiger charge is 2.31. The number of nitrogens with one attached hydrogen (secondary N) is 1. The van der Waals surface area contributed by atoms with E-state index in [1.165, 1.54) is 4.31 Å². The molecule has 2 aliphatic heterocycles. The fourth-order valence-electron chi connectivity index (χ4n) is 2.39. The largest absolute Gasteiger partial charge is 0.381 e. The summed E-state index contributed by atoms with van der Waals surface area (Å²) in [6, 6.07) is 0. The lowest BCUT2D eigenvalue weighted by Crippen LogP contribution is -2.52. The second-order valence-electron chi connectivity index (χ2n) is 5.16. The number of morpholine rings is 1. The molecule has 0 amide bonds. The van der Waals surface area contributed by atoms with Crippen LogP contribution in [0.15, 0.2) is 0 Å². The summed E-state index contributed by atoms with van der Waals surface area (Å²) in [7, 11) is -3.39. The molecule has 2 saturated heterocycles. The van der Waals surface area contributed by atoms with E-state index in [0.717, 1.165) is 13.0 Å². The summed E-state index contributed by atoms with van der Waals surface area (Å²) in [6.07, 6.45) is 0.818. The maximum atomic E-state index is 12.2. The minimum atomic E-state index is -3.39. The number of hydrogen-bond acceptors (Lipinski definition) is 4. The first-order chi connectivity index (χ1) is 8.47. The summed E-state index contributed by atoms with van der Waals surface area (Å²) in [5.41, 5.74) is 0. The molecule has 0 saturated carbocycles. The van der Waals surface area contributed by atoms with Crippen LogP contribution in [0.1, 0.15) is 20.3 Å². The Morgan fingerprint density at radius 1 is 1.28 bits per heavy atom. The Morgan fingerprint density at radius 2 is 1.94 bits per heavy atom. The molecule has 1 N–H and O–H groups in total.